The Kier molecular flexibility index (Phi) is 13.8. The van der Waals surface area contributed by atoms with Gasteiger partial charge >= 0.3 is 0 Å². The fourth-order valence-electron chi connectivity index (χ4n) is 9.77. The van der Waals surface area contributed by atoms with Crippen LogP contribution in [0.25, 0.3) is 0 Å². The molecule has 2 N–H and O–H groups in total. The van der Waals surface area contributed by atoms with Crippen LogP contribution in [0.1, 0.15) is 113 Å². The minimum Gasteiger partial charge on any atom is -0.459 e. The van der Waals surface area contributed by atoms with Gasteiger partial charge in [-0.05, 0) is 131 Å². The average molecular weight is 785 g/mol. The highest BCUT2D eigenvalue weighted by molar-refractivity contribution is 6.03. The summed E-state index contributed by atoms with van der Waals surface area (Å²) in [6.07, 6.45) is 14.4. The third-order valence-electron chi connectivity index (χ3n) is 12.8. The van der Waals surface area contributed by atoms with Crippen LogP contribution in [0.5, 0.6) is 17.2 Å². The number of aliphatic hydroxyl groups excluding tert-OH is 2. The number of allylic oxidation sites excluding steroid dienone is 1. The lowest BCUT2D eigenvalue weighted by molar-refractivity contribution is -0.258. The van der Waals surface area contributed by atoms with E-state index in [2.05, 4.69) is 51.6 Å². The molecule has 2 heterocycles. The lowest BCUT2D eigenvalue weighted by atomic mass is 9.55. The summed E-state index contributed by atoms with van der Waals surface area (Å²) in [7, 11) is 0. The maximum atomic E-state index is 14.4. The van der Waals surface area contributed by atoms with E-state index < -0.39 is 18.1 Å². The first-order chi connectivity index (χ1) is 27.8. The van der Waals surface area contributed by atoms with Gasteiger partial charge in [0.2, 0.25) is 18.0 Å². The van der Waals surface area contributed by atoms with E-state index in [-0.39, 0.29) is 55.3 Å². The van der Waals surface area contributed by atoms with Gasteiger partial charge in [0.1, 0.15) is 23.3 Å². The molecule has 0 radical (unpaired) electrons. The van der Waals surface area contributed by atoms with Crippen molar-refractivity contribution in [3.05, 3.63) is 77.4 Å². The minimum absolute atomic E-state index is 0.00232. The fourth-order valence-corrected chi connectivity index (χ4v) is 9.77. The van der Waals surface area contributed by atoms with Crippen LogP contribution in [-0.4, -0.2) is 77.8 Å². The van der Waals surface area contributed by atoms with Crippen molar-refractivity contribution < 1.29 is 38.8 Å². The van der Waals surface area contributed by atoms with Crippen molar-refractivity contribution in [1.29, 1.82) is 0 Å². The topological polar surface area (TPSA) is 119 Å². The Hall–Kier alpha value is -3.70. The SMILES string of the molecule is C=CCOC12Oc3ccc(Oc4ccc(C)c(C)c4)cc3C3C(CCCCO)C(CCCCO)C=C(C(=NOC4CCCCO4)CC1N(CCC)C(=O)C1CC1)C32. The molecule has 2 aromatic carbocycles. The Morgan fingerprint density at radius 1 is 1.00 bits per heavy atom. The Balaban J connectivity index is 1.42. The van der Waals surface area contributed by atoms with Crippen LogP contribution in [0.15, 0.2) is 65.9 Å². The van der Waals surface area contributed by atoms with Crippen molar-refractivity contribution in [2.45, 2.75) is 128 Å². The standard InChI is InChI=1S/C47H64N2O8/c1-5-22-49(46(52)33-17-18-33)42-30-40(48-57-43-15-9-12-26-53-43)38-28-34(13-7-10-23-50)37(14-8-11-24-51)44-39-29-36(55-35-19-16-31(3)32(4)27-35)20-21-41(39)56-47(42,45(38)44)54-25-6-2/h6,16,19-21,27-29,33-34,37,42-45,50-51H,2,5,7-15,17-18,22-26,30H2,1,3-4H3. The van der Waals surface area contributed by atoms with Gasteiger partial charge in [0.25, 0.3) is 0 Å². The van der Waals surface area contributed by atoms with Gasteiger partial charge in [-0.2, -0.15) is 0 Å². The van der Waals surface area contributed by atoms with Gasteiger partial charge in [-0.3, -0.25) is 4.79 Å². The number of nitrogens with zero attached hydrogens (tertiary/aromatic N) is 2. The van der Waals surface area contributed by atoms with E-state index >= 15 is 0 Å². The zero-order valence-corrected chi connectivity index (χ0v) is 34.3. The van der Waals surface area contributed by atoms with E-state index in [1.807, 2.05) is 23.1 Å². The molecule has 5 aliphatic rings. The Morgan fingerprint density at radius 2 is 1.77 bits per heavy atom. The van der Waals surface area contributed by atoms with Crippen molar-refractivity contribution in [1.82, 2.24) is 4.90 Å². The van der Waals surface area contributed by atoms with E-state index in [4.69, 9.17) is 28.9 Å². The smallest absolute Gasteiger partial charge is 0.239 e. The predicted molar refractivity (Wildman–Crippen MR) is 220 cm³/mol. The summed E-state index contributed by atoms with van der Waals surface area (Å²) in [5.74, 6) is 0.928. The molecule has 310 valence electrons. The molecule has 10 nitrogen and oxygen atoms in total. The quantitative estimate of drug-likeness (QED) is 0.0824. The first-order valence-electron chi connectivity index (χ1n) is 21.7. The van der Waals surface area contributed by atoms with Crippen LogP contribution >= 0.6 is 0 Å². The number of oxime groups is 1. The number of carbonyl (C=O) groups is 1. The lowest BCUT2D eigenvalue weighted by Gasteiger charge is -2.60. The molecule has 7 rings (SSSR count). The Bertz CT molecular complexity index is 1770. The first kappa shape index (κ1) is 41.5. The van der Waals surface area contributed by atoms with Crippen LogP contribution in [0.2, 0.25) is 0 Å². The van der Waals surface area contributed by atoms with Crippen LogP contribution < -0.4 is 9.47 Å². The van der Waals surface area contributed by atoms with E-state index in [9.17, 15) is 15.0 Å². The van der Waals surface area contributed by atoms with Gasteiger partial charge in [-0.1, -0.05) is 43.1 Å². The first-order valence-corrected chi connectivity index (χ1v) is 21.7. The number of aryl methyl sites for hydroxylation is 2. The van der Waals surface area contributed by atoms with Crippen molar-refractivity contribution >= 4 is 11.6 Å². The molecule has 1 saturated heterocycles. The molecule has 3 aliphatic carbocycles. The summed E-state index contributed by atoms with van der Waals surface area (Å²) >= 11 is 0. The largest absolute Gasteiger partial charge is 0.459 e. The second-order valence-electron chi connectivity index (χ2n) is 16.8. The Morgan fingerprint density at radius 3 is 2.47 bits per heavy atom. The molecule has 57 heavy (non-hydrogen) atoms. The van der Waals surface area contributed by atoms with Crippen LogP contribution in [-0.2, 0) is 19.1 Å². The van der Waals surface area contributed by atoms with E-state index in [0.29, 0.717) is 26.0 Å². The number of ether oxygens (including phenoxy) is 4. The predicted octanol–water partition coefficient (Wildman–Crippen LogP) is 8.90. The maximum absolute atomic E-state index is 14.4. The molecular weight excluding hydrogens is 721 g/mol. The normalized spacial score (nSPS) is 28.4. The maximum Gasteiger partial charge on any atom is 0.239 e. The number of rotatable bonds is 19. The highest BCUT2D eigenvalue weighted by Crippen LogP contribution is 2.62. The van der Waals surface area contributed by atoms with Crippen molar-refractivity contribution in [2.24, 2.45) is 28.8 Å². The number of hydrogen-bond donors (Lipinski definition) is 2. The summed E-state index contributed by atoms with van der Waals surface area (Å²) in [5.41, 5.74) is 5.25. The van der Waals surface area contributed by atoms with Crippen LogP contribution in [0.3, 0.4) is 0 Å². The molecule has 0 bridgehead atoms. The van der Waals surface area contributed by atoms with Gasteiger partial charge in [-0.25, -0.2) is 0 Å². The number of carbonyl (C=O) groups excluding carboxylic acids is 1. The second kappa shape index (κ2) is 18.9. The zero-order chi connectivity index (χ0) is 39.9. The summed E-state index contributed by atoms with van der Waals surface area (Å²) in [6.45, 7) is 12.1. The molecule has 7 unspecified atom stereocenters. The summed E-state index contributed by atoms with van der Waals surface area (Å²) < 4.78 is 27.1. The molecule has 2 aromatic rings. The number of unbranched alkanes of at least 4 members (excludes halogenated alkanes) is 2. The monoisotopic (exact) mass is 784 g/mol. The summed E-state index contributed by atoms with van der Waals surface area (Å²) in [6, 6.07) is 11.8. The number of fused-ring (bicyclic) bond motifs is 2. The number of hydrogen-bond acceptors (Lipinski definition) is 9. The summed E-state index contributed by atoms with van der Waals surface area (Å²) in [5, 5.41) is 24.8. The molecule has 10 heteroatoms. The van der Waals surface area contributed by atoms with Crippen molar-refractivity contribution in [3.8, 4) is 17.2 Å². The van der Waals surface area contributed by atoms with Gasteiger partial charge in [0.15, 0.2) is 0 Å². The molecule has 7 atom stereocenters. The van der Waals surface area contributed by atoms with Crippen molar-refractivity contribution in [2.75, 3.05) is 33.0 Å². The molecule has 0 aromatic heterocycles. The van der Waals surface area contributed by atoms with Gasteiger partial charge in [0, 0.05) is 50.0 Å². The number of amides is 1. The number of aliphatic hydroxyl groups is 2. The molecule has 2 aliphatic heterocycles. The molecular formula is C47H64N2O8. The van der Waals surface area contributed by atoms with E-state index in [0.717, 1.165) is 110 Å². The highest BCUT2D eigenvalue weighted by atomic mass is 16.8. The van der Waals surface area contributed by atoms with Gasteiger partial charge < -0.3 is 38.9 Å². The fraction of sp³-hybridized carbons (Fsp3) is 0.617. The minimum atomic E-state index is -1.25. The van der Waals surface area contributed by atoms with Gasteiger partial charge in [0.05, 0.1) is 24.8 Å². The third-order valence-corrected chi connectivity index (χ3v) is 12.8. The second-order valence-corrected chi connectivity index (χ2v) is 16.8. The Labute approximate surface area is 339 Å². The van der Waals surface area contributed by atoms with E-state index in [1.54, 1.807) is 6.08 Å². The van der Waals surface area contributed by atoms with E-state index in [1.165, 1.54) is 5.56 Å². The molecule has 2 saturated carbocycles. The average Bonchev–Trinajstić information content (AvgIpc) is 4.08. The molecule has 1 amide bonds. The zero-order valence-electron chi connectivity index (χ0n) is 34.3. The highest BCUT2D eigenvalue weighted by Gasteiger charge is 2.65. The lowest BCUT2D eigenvalue weighted by Crippen LogP contribution is -2.70. The molecule has 0 spiro atoms. The third kappa shape index (κ3) is 8.99. The van der Waals surface area contributed by atoms with Crippen LogP contribution in [0.4, 0.5) is 0 Å². The van der Waals surface area contributed by atoms with Gasteiger partial charge in [-0.15, -0.1) is 6.58 Å². The number of benzene rings is 2. The summed E-state index contributed by atoms with van der Waals surface area (Å²) in [4.78, 5) is 22.7. The molecule has 3 fully saturated rings. The van der Waals surface area contributed by atoms with Crippen LogP contribution in [0, 0.1) is 37.5 Å². The van der Waals surface area contributed by atoms with Crippen molar-refractivity contribution in [3.63, 3.8) is 0 Å².